The molecule has 0 atom stereocenters. The minimum absolute atomic E-state index is 0.00138. The maximum atomic E-state index is 12.1. The van der Waals surface area contributed by atoms with Crippen LogP contribution in [-0.4, -0.2) is 24.5 Å². The Balaban J connectivity index is 1.84. The van der Waals surface area contributed by atoms with Crippen molar-refractivity contribution < 1.29 is 19.1 Å². The molecule has 138 valence electrons. The standard InChI is InChI=1S/C19H21ClN2O4/c1-12(2)26-16-6-4-5-14(10-16)19(24)22-21-18(23)11-25-17-8-7-15(20)9-13(17)3/h4-10,12H,11H2,1-3H3,(H,21,23)(H,22,24). The average Bonchev–Trinajstić information content (AvgIpc) is 2.58. The first-order valence-electron chi connectivity index (χ1n) is 8.10. The molecule has 2 aromatic rings. The van der Waals surface area contributed by atoms with E-state index in [1.54, 1.807) is 42.5 Å². The summed E-state index contributed by atoms with van der Waals surface area (Å²) in [6.07, 6.45) is 0.00138. The van der Waals surface area contributed by atoms with Gasteiger partial charge in [-0.2, -0.15) is 0 Å². The molecule has 0 radical (unpaired) electrons. The molecule has 0 fully saturated rings. The number of hydrogen-bond donors (Lipinski definition) is 2. The molecule has 0 bridgehead atoms. The van der Waals surface area contributed by atoms with Gasteiger partial charge in [-0.1, -0.05) is 17.7 Å². The fourth-order valence-corrected chi connectivity index (χ4v) is 2.36. The Morgan fingerprint density at radius 2 is 1.88 bits per heavy atom. The predicted octanol–water partition coefficient (Wildman–Crippen LogP) is 3.28. The zero-order valence-electron chi connectivity index (χ0n) is 14.8. The van der Waals surface area contributed by atoms with Gasteiger partial charge < -0.3 is 9.47 Å². The van der Waals surface area contributed by atoms with Crippen molar-refractivity contribution in [1.29, 1.82) is 0 Å². The van der Waals surface area contributed by atoms with Crippen LogP contribution in [0.1, 0.15) is 29.8 Å². The van der Waals surface area contributed by atoms with Crippen molar-refractivity contribution in [3.8, 4) is 11.5 Å². The van der Waals surface area contributed by atoms with Gasteiger partial charge in [-0.25, -0.2) is 0 Å². The normalized spacial score (nSPS) is 10.3. The molecule has 2 rings (SSSR count). The van der Waals surface area contributed by atoms with Crippen LogP contribution in [0, 0.1) is 6.92 Å². The summed E-state index contributed by atoms with van der Waals surface area (Å²) >= 11 is 5.87. The molecule has 2 N–H and O–H groups in total. The number of carbonyl (C=O) groups is 2. The second kappa shape index (κ2) is 9.10. The molecule has 7 heteroatoms. The molecule has 0 unspecified atom stereocenters. The summed E-state index contributed by atoms with van der Waals surface area (Å²) in [4.78, 5) is 24.0. The summed E-state index contributed by atoms with van der Waals surface area (Å²) in [5.74, 6) is 0.201. The number of hydrogen-bond acceptors (Lipinski definition) is 4. The molecule has 6 nitrogen and oxygen atoms in total. The Labute approximate surface area is 157 Å². The number of hydrazine groups is 1. The Bertz CT molecular complexity index is 793. The van der Waals surface area contributed by atoms with E-state index in [1.165, 1.54) is 0 Å². The number of amides is 2. The molecule has 0 heterocycles. The molecular formula is C19H21ClN2O4. The summed E-state index contributed by atoms with van der Waals surface area (Å²) in [6.45, 7) is 5.39. The van der Waals surface area contributed by atoms with Crippen molar-refractivity contribution in [2.75, 3.05) is 6.61 Å². The minimum Gasteiger partial charge on any atom is -0.491 e. The fourth-order valence-electron chi connectivity index (χ4n) is 2.14. The smallest absolute Gasteiger partial charge is 0.276 e. The Kier molecular flexibility index (Phi) is 6.86. The van der Waals surface area contributed by atoms with Gasteiger partial charge in [0.2, 0.25) is 0 Å². The van der Waals surface area contributed by atoms with Gasteiger partial charge in [0.25, 0.3) is 11.8 Å². The molecule has 0 spiro atoms. The van der Waals surface area contributed by atoms with Gasteiger partial charge in [0.15, 0.2) is 6.61 Å². The zero-order chi connectivity index (χ0) is 19.1. The summed E-state index contributed by atoms with van der Waals surface area (Å²) in [7, 11) is 0. The Morgan fingerprint density at radius 1 is 1.12 bits per heavy atom. The Hall–Kier alpha value is -2.73. The van der Waals surface area contributed by atoms with E-state index in [4.69, 9.17) is 21.1 Å². The largest absolute Gasteiger partial charge is 0.491 e. The van der Waals surface area contributed by atoms with E-state index >= 15 is 0 Å². The van der Waals surface area contributed by atoms with Gasteiger partial charge in [-0.15, -0.1) is 0 Å². The van der Waals surface area contributed by atoms with Crippen LogP contribution in [0.25, 0.3) is 0 Å². The summed E-state index contributed by atoms with van der Waals surface area (Å²) in [5.41, 5.74) is 5.85. The van der Waals surface area contributed by atoms with Crippen molar-refractivity contribution in [2.45, 2.75) is 26.9 Å². The van der Waals surface area contributed by atoms with Crippen molar-refractivity contribution >= 4 is 23.4 Å². The quantitative estimate of drug-likeness (QED) is 0.758. The maximum Gasteiger partial charge on any atom is 0.276 e. The second-order valence-electron chi connectivity index (χ2n) is 5.90. The van der Waals surface area contributed by atoms with Crippen LogP contribution in [0.15, 0.2) is 42.5 Å². The molecule has 0 saturated heterocycles. The first kappa shape index (κ1) is 19.6. The molecule has 0 aromatic heterocycles. The third-order valence-electron chi connectivity index (χ3n) is 3.28. The molecule has 2 amide bonds. The van der Waals surface area contributed by atoms with Crippen molar-refractivity contribution in [3.05, 3.63) is 58.6 Å². The molecule has 2 aromatic carbocycles. The van der Waals surface area contributed by atoms with Gasteiger partial charge >= 0.3 is 0 Å². The van der Waals surface area contributed by atoms with E-state index < -0.39 is 11.8 Å². The predicted molar refractivity (Wildman–Crippen MR) is 99.5 cm³/mol. The molecule has 0 aliphatic carbocycles. The monoisotopic (exact) mass is 376 g/mol. The van der Waals surface area contributed by atoms with Gasteiger partial charge in [0, 0.05) is 10.6 Å². The number of nitrogens with one attached hydrogen (secondary N) is 2. The van der Waals surface area contributed by atoms with Crippen molar-refractivity contribution in [2.24, 2.45) is 0 Å². The van der Waals surface area contributed by atoms with Crippen molar-refractivity contribution in [3.63, 3.8) is 0 Å². The lowest BCUT2D eigenvalue weighted by Crippen LogP contribution is -2.43. The highest BCUT2D eigenvalue weighted by molar-refractivity contribution is 6.30. The maximum absolute atomic E-state index is 12.1. The first-order chi connectivity index (χ1) is 12.3. The number of aryl methyl sites for hydroxylation is 1. The highest BCUT2D eigenvalue weighted by atomic mass is 35.5. The van der Waals surface area contributed by atoms with E-state index in [-0.39, 0.29) is 12.7 Å². The van der Waals surface area contributed by atoms with Gasteiger partial charge in [0.1, 0.15) is 11.5 Å². The van der Waals surface area contributed by atoms with Gasteiger partial charge in [-0.3, -0.25) is 20.4 Å². The molecule has 0 aliphatic rings. The SMILES string of the molecule is Cc1cc(Cl)ccc1OCC(=O)NNC(=O)c1cccc(OC(C)C)c1. The first-order valence-corrected chi connectivity index (χ1v) is 8.48. The molecular weight excluding hydrogens is 356 g/mol. The third-order valence-corrected chi connectivity index (χ3v) is 3.51. The lowest BCUT2D eigenvalue weighted by Gasteiger charge is -2.12. The minimum atomic E-state index is -0.484. The number of benzene rings is 2. The van der Waals surface area contributed by atoms with Gasteiger partial charge in [0.05, 0.1) is 6.10 Å². The van der Waals surface area contributed by atoms with Crippen LogP contribution in [0.5, 0.6) is 11.5 Å². The third kappa shape index (κ3) is 5.97. The Morgan fingerprint density at radius 3 is 2.58 bits per heavy atom. The van der Waals surface area contributed by atoms with Crippen LogP contribution in [-0.2, 0) is 4.79 Å². The second-order valence-corrected chi connectivity index (χ2v) is 6.33. The molecule has 0 saturated carbocycles. The van der Waals surface area contributed by atoms with Crippen LogP contribution < -0.4 is 20.3 Å². The summed E-state index contributed by atoms with van der Waals surface area (Å²) < 4.78 is 11.0. The van der Waals surface area contributed by atoms with Crippen LogP contribution in [0.2, 0.25) is 5.02 Å². The number of halogens is 1. The highest BCUT2D eigenvalue weighted by Crippen LogP contribution is 2.21. The van der Waals surface area contributed by atoms with Crippen LogP contribution in [0.3, 0.4) is 0 Å². The summed E-state index contributed by atoms with van der Waals surface area (Å²) in [5, 5.41) is 0.593. The van der Waals surface area contributed by atoms with E-state index in [0.717, 1.165) is 5.56 Å². The van der Waals surface area contributed by atoms with E-state index in [9.17, 15) is 9.59 Å². The van der Waals surface area contributed by atoms with Gasteiger partial charge in [-0.05, 0) is 62.7 Å². The molecule has 0 aliphatic heterocycles. The van der Waals surface area contributed by atoms with E-state index in [1.807, 2.05) is 20.8 Å². The molecule has 26 heavy (non-hydrogen) atoms. The summed E-state index contributed by atoms with van der Waals surface area (Å²) in [6, 6.07) is 11.8. The number of rotatable bonds is 6. The van der Waals surface area contributed by atoms with E-state index in [2.05, 4.69) is 10.9 Å². The highest BCUT2D eigenvalue weighted by Gasteiger charge is 2.10. The lowest BCUT2D eigenvalue weighted by molar-refractivity contribution is -0.123. The van der Waals surface area contributed by atoms with Crippen molar-refractivity contribution in [1.82, 2.24) is 10.9 Å². The van der Waals surface area contributed by atoms with E-state index in [0.29, 0.717) is 22.1 Å². The average molecular weight is 377 g/mol. The van der Waals surface area contributed by atoms with Crippen LogP contribution in [0.4, 0.5) is 0 Å². The fraction of sp³-hybridized carbons (Fsp3) is 0.263. The number of ether oxygens (including phenoxy) is 2. The topological polar surface area (TPSA) is 76.7 Å². The zero-order valence-corrected chi connectivity index (χ0v) is 15.6. The lowest BCUT2D eigenvalue weighted by atomic mass is 10.2. The number of carbonyl (C=O) groups excluding carboxylic acids is 2. The van der Waals surface area contributed by atoms with Crippen LogP contribution >= 0.6 is 11.6 Å².